The zero-order valence-electron chi connectivity index (χ0n) is 10.2. The lowest BCUT2D eigenvalue weighted by molar-refractivity contribution is -0.132. The summed E-state index contributed by atoms with van der Waals surface area (Å²) < 4.78 is 24.0. The van der Waals surface area contributed by atoms with Crippen LogP contribution in [-0.2, 0) is 9.59 Å². The number of halogens is 3. The maximum Gasteiger partial charge on any atom is 0.315 e. The maximum atomic E-state index is 12.0. The van der Waals surface area contributed by atoms with E-state index in [0.717, 1.165) is 0 Å². The first-order valence-electron chi connectivity index (χ1n) is 5.32. The van der Waals surface area contributed by atoms with E-state index in [1.165, 1.54) is 0 Å². The first kappa shape index (κ1) is 16.5. The van der Waals surface area contributed by atoms with Gasteiger partial charge in [-0.3, -0.25) is 9.59 Å². The molecule has 0 bridgehead atoms. The van der Waals surface area contributed by atoms with Crippen molar-refractivity contribution in [1.82, 2.24) is 5.32 Å². The molecule has 1 unspecified atom stereocenters. The van der Waals surface area contributed by atoms with Crippen LogP contribution in [0.25, 0.3) is 0 Å². The number of amides is 1. The van der Waals surface area contributed by atoms with Crippen molar-refractivity contribution < 1.29 is 18.4 Å². The number of carbonyl (C=O) groups is 2. The van der Waals surface area contributed by atoms with E-state index in [4.69, 9.17) is 0 Å². The molecule has 0 saturated heterocycles. The fourth-order valence-corrected chi connectivity index (χ4v) is 1.91. The summed E-state index contributed by atoms with van der Waals surface area (Å²) in [4.78, 5) is 22.3. The number of rotatable bonds is 6. The minimum Gasteiger partial charge on any atom is -0.350 e. The van der Waals surface area contributed by atoms with Gasteiger partial charge in [-0.05, 0) is 11.8 Å². The van der Waals surface area contributed by atoms with Crippen LogP contribution in [0.4, 0.5) is 8.78 Å². The van der Waals surface area contributed by atoms with Gasteiger partial charge in [0.15, 0.2) is 0 Å². The normalized spacial score (nSPS) is 13.6. The minimum atomic E-state index is -3.04. The van der Waals surface area contributed by atoms with E-state index in [-0.39, 0.29) is 23.1 Å². The molecule has 0 heterocycles. The van der Waals surface area contributed by atoms with Gasteiger partial charge in [0.1, 0.15) is 5.78 Å². The molecule has 6 heteroatoms. The molecule has 0 aliphatic heterocycles. The third kappa shape index (κ3) is 7.41. The first-order chi connectivity index (χ1) is 7.67. The standard InChI is InChI=1S/C11H18BrF2NO2/c1-11(2,3)4-7(8(16)5-12)6-15-10(17)9(13)14/h7,9H,4-6H2,1-3H3,(H,15,17). The molecular weight excluding hydrogens is 296 g/mol. The number of hydrogen-bond acceptors (Lipinski definition) is 2. The molecule has 0 aromatic rings. The molecule has 1 N–H and O–H groups in total. The van der Waals surface area contributed by atoms with Gasteiger partial charge in [-0.1, -0.05) is 36.7 Å². The van der Waals surface area contributed by atoms with Gasteiger partial charge >= 0.3 is 6.43 Å². The Morgan fingerprint density at radius 2 is 1.82 bits per heavy atom. The molecule has 1 amide bonds. The Labute approximate surface area is 108 Å². The van der Waals surface area contributed by atoms with Gasteiger partial charge < -0.3 is 5.32 Å². The fourth-order valence-electron chi connectivity index (χ4n) is 1.45. The minimum absolute atomic E-state index is 0.0368. The summed E-state index contributed by atoms with van der Waals surface area (Å²) in [5, 5.41) is 2.25. The van der Waals surface area contributed by atoms with Crippen molar-refractivity contribution in [2.24, 2.45) is 11.3 Å². The van der Waals surface area contributed by atoms with Crippen LogP contribution < -0.4 is 5.32 Å². The smallest absolute Gasteiger partial charge is 0.315 e. The van der Waals surface area contributed by atoms with E-state index in [9.17, 15) is 18.4 Å². The average molecular weight is 314 g/mol. The average Bonchev–Trinajstić information content (AvgIpc) is 2.20. The number of nitrogens with one attached hydrogen (secondary N) is 1. The third-order valence-corrected chi connectivity index (χ3v) is 2.72. The number of Topliss-reactive ketones (excluding diaryl/α,β-unsaturated/α-hetero) is 1. The number of carbonyl (C=O) groups excluding carboxylic acids is 2. The summed E-state index contributed by atoms with van der Waals surface area (Å²) in [6.07, 6.45) is -2.50. The van der Waals surface area contributed by atoms with Crippen molar-refractivity contribution >= 4 is 27.6 Å². The molecule has 3 nitrogen and oxygen atoms in total. The van der Waals surface area contributed by atoms with Gasteiger partial charge in [0.05, 0.1) is 5.33 Å². The van der Waals surface area contributed by atoms with Crippen LogP contribution in [-0.4, -0.2) is 30.0 Å². The van der Waals surface area contributed by atoms with Crippen molar-refractivity contribution in [3.05, 3.63) is 0 Å². The van der Waals surface area contributed by atoms with Crippen molar-refractivity contribution in [2.75, 3.05) is 11.9 Å². The number of alkyl halides is 3. The molecule has 100 valence electrons. The van der Waals surface area contributed by atoms with Crippen LogP contribution in [0, 0.1) is 11.3 Å². The fraction of sp³-hybridized carbons (Fsp3) is 0.818. The summed E-state index contributed by atoms with van der Waals surface area (Å²) in [5.74, 6) is -1.85. The van der Waals surface area contributed by atoms with E-state index >= 15 is 0 Å². The molecule has 0 fully saturated rings. The highest BCUT2D eigenvalue weighted by Crippen LogP contribution is 2.25. The van der Waals surface area contributed by atoms with Gasteiger partial charge in [0.2, 0.25) is 0 Å². The molecule has 0 saturated carbocycles. The molecule has 0 spiro atoms. The summed E-state index contributed by atoms with van der Waals surface area (Å²) in [6, 6.07) is 0. The lowest BCUT2D eigenvalue weighted by atomic mass is 9.83. The van der Waals surface area contributed by atoms with Gasteiger partial charge in [-0.25, -0.2) is 0 Å². The number of ketones is 1. The van der Waals surface area contributed by atoms with E-state index in [1.54, 1.807) is 0 Å². The van der Waals surface area contributed by atoms with Crippen molar-refractivity contribution in [3.8, 4) is 0 Å². The second-order valence-corrected chi connectivity index (χ2v) is 5.67. The van der Waals surface area contributed by atoms with Crippen LogP contribution in [0.15, 0.2) is 0 Å². The third-order valence-electron chi connectivity index (χ3n) is 2.17. The lowest BCUT2D eigenvalue weighted by Crippen LogP contribution is -2.38. The van der Waals surface area contributed by atoms with Gasteiger partial charge in [0.25, 0.3) is 5.91 Å². The monoisotopic (exact) mass is 313 g/mol. The molecule has 0 aromatic heterocycles. The van der Waals surface area contributed by atoms with Crippen LogP contribution in [0.1, 0.15) is 27.2 Å². The zero-order chi connectivity index (χ0) is 13.6. The second-order valence-electron chi connectivity index (χ2n) is 5.11. The highest BCUT2D eigenvalue weighted by Gasteiger charge is 2.25. The lowest BCUT2D eigenvalue weighted by Gasteiger charge is -2.24. The van der Waals surface area contributed by atoms with Gasteiger partial charge in [-0.2, -0.15) is 8.78 Å². The highest BCUT2D eigenvalue weighted by atomic mass is 79.9. The Morgan fingerprint density at radius 3 is 2.18 bits per heavy atom. The molecular formula is C11H18BrF2NO2. The van der Waals surface area contributed by atoms with Crippen LogP contribution in [0.5, 0.6) is 0 Å². The van der Waals surface area contributed by atoms with Crippen LogP contribution in [0.2, 0.25) is 0 Å². The molecule has 0 aromatic carbocycles. The summed E-state index contributed by atoms with van der Waals surface area (Å²) >= 11 is 3.05. The molecule has 0 rings (SSSR count). The Kier molecular flexibility index (Phi) is 6.82. The zero-order valence-corrected chi connectivity index (χ0v) is 11.8. The largest absolute Gasteiger partial charge is 0.350 e. The number of hydrogen-bond donors (Lipinski definition) is 1. The van der Waals surface area contributed by atoms with E-state index in [1.807, 2.05) is 20.8 Å². The molecule has 0 aliphatic rings. The summed E-state index contributed by atoms with van der Waals surface area (Å²) in [6.45, 7) is 5.83. The van der Waals surface area contributed by atoms with Gasteiger partial charge in [-0.15, -0.1) is 0 Å². The molecule has 0 radical (unpaired) electrons. The van der Waals surface area contributed by atoms with E-state index < -0.39 is 18.3 Å². The topological polar surface area (TPSA) is 46.2 Å². The van der Waals surface area contributed by atoms with E-state index in [2.05, 4.69) is 21.2 Å². The Hall–Kier alpha value is -0.520. The highest BCUT2D eigenvalue weighted by molar-refractivity contribution is 9.09. The van der Waals surface area contributed by atoms with Crippen LogP contribution >= 0.6 is 15.9 Å². The summed E-state index contributed by atoms with van der Waals surface area (Å²) in [7, 11) is 0. The van der Waals surface area contributed by atoms with Crippen molar-refractivity contribution in [2.45, 2.75) is 33.6 Å². The molecule has 0 aliphatic carbocycles. The quantitative estimate of drug-likeness (QED) is 0.765. The SMILES string of the molecule is CC(C)(C)CC(CNC(=O)C(F)F)C(=O)CBr. The molecule has 1 atom stereocenters. The van der Waals surface area contributed by atoms with E-state index in [0.29, 0.717) is 6.42 Å². The van der Waals surface area contributed by atoms with Crippen molar-refractivity contribution in [3.63, 3.8) is 0 Å². The molecule has 17 heavy (non-hydrogen) atoms. The Balaban J connectivity index is 4.41. The summed E-state index contributed by atoms with van der Waals surface area (Å²) in [5.41, 5.74) is -0.0992. The van der Waals surface area contributed by atoms with Gasteiger partial charge in [0, 0.05) is 12.5 Å². The Morgan fingerprint density at radius 1 is 1.29 bits per heavy atom. The Bertz CT molecular complexity index is 277. The first-order valence-corrected chi connectivity index (χ1v) is 6.44. The second kappa shape index (κ2) is 7.03. The maximum absolute atomic E-state index is 12.0. The van der Waals surface area contributed by atoms with Crippen molar-refractivity contribution in [1.29, 1.82) is 0 Å². The van der Waals surface area contributed by atoms with Crippen LogP contribution in [0.3, 0.4) is 0 Å². The predicted octanol–water partition coefficient (Wildman–Crippen LogP) is 2.38. The predicted molar refractivity (Wildman–Crippen MR) is 65.4 cm³/mol.